The van der Waals surface area contributed by atoms with E-state index in [2.05, 4.69) is 0 Å². The number of ketones is 1. The summed E-state index contributed by atoms with van der Waals surface area (Å²) in [7, 11) is 0. The average Bonchev–Trinajstić information content (AvgIpc) is 3.16. The SMILES string of the molecule is CC(C(=O)C(C#N)c1c(Cl)cccc1Cl)C1CC1. The first kappa shape index (κ1) is 13.4. The number of halogens is 2. The molecular formula is C14H13Cl2NO. The lowest BCUT2D eigenvalue weighted by Crippen LogP contribution is -2.21. The fourth-order valence-corrected chi connectivity index (χ4v) is 2.76. The fraction of sp³-hybridized carbons (Fsp3) is 0.429. The highest BCUT2D eigenvalue weighted by Crippen LogP contribution is 2.41. The van der Waals surface area contributed by atoms with Crippen LogP contribution >= 0.6 is 23.2 Å². The van der Waals surface area contributed by atoms with Crippen molar-refractivity contribution < 1.29 is 4.79 Å². The van der Waals surface area contributed by atoms with Gasteiger partial charge in [0.2, 0.25) is 0 Å². The zero-order valence-electron chi connectivity index (χ0n) is 9.99. The van der Waals surface area contributed by atoms with E-state index in [-0.39, 0.29) is 11.7 Å². The van der Waals surface area contributed by atoms with Gasteiger partial charge in [0.1, 0.15) is 5.92 Å². The first-order valence-electron chi connectivity index (χ1n) is 5.93. The van der Waals surface area contributed by atoms with Crippen molar-refractivity contribution in [1.29, 1.82) is 5.26 Å². The van der Waals surface area contributed by atoms with Crippen LogP contribution in [0.4, 0.5) is 0 Å². The first-order valence-corrected chi connectivity index (χ1v) is 6.69. The van der Waals surface area contributed by atoms with Crippen LogP contribution in [0, 0.1) is 23.2 Å². The molecule has 2 atom stereocenters. The van der Waals surface area contributed by atoms with Crippen LogP contribution in [0.1, 0.15) is 31.2 Å². The first-order chi connectivity index (χ1) is 8.56. The van der Waals surface area contributed by atoms with E-state index in [0.29, 0.717) is 21.5 Å². The number of nitrogens with zero attached hydrogens (tertiary/aromatic N) is 1. The van der Waals surface area contributed by atoms with Gasteiger partial charge in [0.25, 0.3) is 0 Å². The minimum Gasteiger partial charge on any atom is -0.298 e. The molecule has 1 aromatic carbocycles. The molecule has 2 nitrogen and oxygen atoms in total. The topological polar surface area (TPSA) is 40.9 Å². The van der Waals surface area contributed by atoms with Gasteiger partial charge in [-0.3, -0.25) is 4.79 Å². The zero-order valence-corrected chi connectivity index (χ0v) is 11.5. The molecule has 1 aliphatic rings. The molecule has 0 aliphatic heterocycles. The van der Waals surface area contributed by atoms with Crippen molar-refractivity contribution in [1.82, 2.24) is 0 Å². The number of hydrogen-bond acceptors (Lipinski definition) is 2. The van der Waals surface area contributed by atoms with Gasteiger partial charge in [0.15, 0.2) is 5.78 Å². The second-order valence-electron chi connectivity index (χ2n) is 4.73. The smallest absolute Gasteiger partial charge is 0.157 e. The normalized spacial score (nSPS) is 17.9. The largest absolute Gasteiger partial charge is 0.298 e. The third-order valence-electron chi connectivity index (χ3n) is 3.48. The third kappa shape index (κ3) is 2.53. The molecule has 4 heteroatoms. The molecule has 1 saturated carbocycles. The number of nitriles is 1. The Hall–Kier alpha value is -1.04. The van der Waals surface area contributed by atoms with Gasteiger partial charge in [-0.05, 0) is 30.9 Å². The Kier molecular flexibility index (Phi) is 3.94. The van der Waals surface area contributed by atoms with Crippen molar-refractivity contribution >= 4 is 29.0 Å². The van der Waals surface area contributed by atoms with Crippen molar-refractivity contribution in [2.45, 2.75) is 25.7 Å². The molecule has 1 aromatic rings. The number of carbonyl (C=O) groups is 1. The summed E-state index contributed by atoms with van der Waals surface area (Å²) in [5.74, 6) is -0.603. The van der Waals surface area contributed by atoms with E-state index in [9.17, 15) is 10.1 Å². The van der Waals surface area contributed by atoms with Gasteiger partial charge in [-0.15, -0.1) is 0 Å². The molecule has 0 bridgehead atoms. The maximum absolute atomic E-state index is 12.3. The van der Waals surface area contributed by atoms with Crippen molar-refractivity contribution in [2.24, 2.45) is 11.8 Å². The molecule has 0 heterocycles. The number of benzene rings is 1. The van der Waals surface area contributed by atoms with Crippen molar-refractivity contribution in [3.8, 4) is 6.07 Å². The van der Waals surface area contributed by atoms with Crippen LogP contribution in [0.2, 0.25) is 10.0 Å². The van der Waals surface area contributed by atoms with E-state index in [1.54, 1.807) is 18.2 Å². The van der Waals surface area contributed by atoms with Crippen LogP contribution in [0.15, 0.2) is 18.2 Å². The van der Waals surface area contributed by atoms with E-state index in [4.69, 9.17) is 23.2 Å². The molecule has 94 valence electrons. The Bertz CT molecular complexity index is 497. The molecule has 18 heavy (non-hydrogen) atoms. The average molecular weight is 282 g/mol. The van der Waals surface area contributed by atoms with Gasteiger partial charge in [-0.1, -0.05) is 36.2 Å². The lowest BCUT2D eigenvalue weighted by Gasteiger charge is -2.16. The van der Waals surface area contributed by atoms with Gasteiger partial charge in [-0.25, -0.2) is 0 Å². The highest BCUT2D eigenvalue weighted by Gasteiger charge is 2.37. The predicted molar refractivity (Wildman–Crippen MR) is 71.7 cm³/mol. The lowest BCUT2D eigenvalue weighted by atomic mass is 9.87. The van der Waals surface area contributed by atoms with E-state index >= 15 is 0 Å². The molecule has 0 spiro atoms. The summed E-state index contributed by atoms with van der Waals surface area (Å²) in [6.07, 6.45) is 2.14. The van der Waals surface area contributed by atoms with Crippen LogP contribution < -0.4 is 0 Å². The summed E-state index contributed by atoms with van der Waals surface area (Å²) in [5, 5.41) is 10.0. The van der Waals surface area contributed by atoms with Crippen molar-refractivity contribution in [3.05, 3.63) is 33.8 Å². The highest BCUT2D eigenvalue weighted by atomic mass is 35.5. The van der Waals surface area contributed by atoms with Crippen LogP contribution in [-0.4, -0.2) is 5.78 Å². The zero-order chi connectivity index (χ0) is 13.3. The molecule has 0 aromatic heterocycles. The summed E-state index contributed by atoms with van der Waals surface area (Å²) in [6.45, 7) is 1.88. The standard InChI is InChI=1S/C14H13Cl2NO/c1-8(9-5-6-9)14(18)10(7-17)13-11(15)3-2-4-12(13)16/h2-4,8-10H,5-6H2,1H3. The van der Waals surface area contributed by atoms with Crippen LogP contribution in [0.3, 0.4) is 0 Å². The minimum absolute atomic E-state index is 0.0741. The second kappa shape index (κ2) is 5.30. The molecule has 2 unspecified atom stereocenters. The van der Waals surface area contributed by atoms with E-state index in [1.807, 2.05) is 13.0 Å². The molecule has 0 saturated heterocycles. The maximum Gasteiger partial charge on any atom is 0.157 e. The summed E-state index contributed by atoms with van der Waals surface area (Å²) in [4.78, 5) is 12.3. The van der Waals surface area contributed by atoms with E-state index in [1.165, 1.54) is 0 Å². The molecule has 0 radical (unpaired) electrons. The second-order valence-corrected chi connectivity index (χ2v) is 5.54. The summed E-state index contributed by atoms with van der Waals surface area (Å²) in [6, 6.07) is 7.06. The Morgan fingerprint density at radius 2 is 1.94 bits per heavy atom. The molecule has 1 aliphatic carbocycles. The van der Waals surface area contributed by atoms with Crippen molar-refractivity contribution in [3.63, 3.8) is 0 Å². The summed E-state index contributed by atoms with van der Waals surface area (Å²) < 4.78 is 0. The van der Waals surface area contributed by atoms with Crippen LogP contribution in [0.25, 0.3) is 0 Å². The van der Waals surface area contributed by atoms with Gasteiger partial charge in [0.05, 0.1) is 6.07 Å². The van der Waals surface area contributed by atoms with Gasteiger partial charge in [-0.2, -0.15) is 5.26 Å². The molecule has 0 amide bonds. The minimum atomic E-state index is -0.859. The van der Waals surface area contributed by atoms with Gasteiger partial charge in [0, 0.05) is 21.5 Å². The van der Waals surface area contributed by atoms with Crippen LogP contribution in [0.5, 0.6) is 0 Å². The fourth-order valence-electron chi connectivity index (χ4n) is 2.15. The number of carbonyl (C=O) groups excluding carboxylic acids is 1. The number of rotatable bonds is 4. The van der Waals surface area contributed by atoms with Crippen LogP contribution in [-0.2, 0) is 4.79 Å². The summed E-state index contributed by atoms with van der Waals surface area (Å²) in [5.41, 5.74) is 0.445. The quantitative estimate of drug-likeness (QED) is 0.829. The third-order valence-corrected chi connectivity index (χ3v) is 4.14. The number of hydrogen-bond donors (Lipinski definition) is 0. The number of Topliss-reactive ketones (excluding diaryl/α,β-unsaturated/α-hetero) is 1. The summed E-state index contributed by atoms with van der Waals surface area (Å²) >= 11 is 12.1. The Morgan fingerprint density at radius 1 is 1.39 bits per heavy atom. The Morgan fingerprint density at radius 3 is 2.39 bits per heavy atom. The molecule has 2 rings (SSSR count). The maximum atomic E-state index is 12.3. The van der Waals surface area contributed by atoms with Gasteiger partial charge < -0.3 is 0 Å². The monoisotopic (exact) mass is 281 g/mol. The molecule has 0 N–H and O–H groups in total. The Labute approximate surface area is 117 Å². The molecular weight excluding hydrogens is 269 g/mol. The highest BCUT2D eigenvalue weighted by molar-refractivity contribution is 6.36. The van der Waals surface area contributed by atoms with E-state index < -0.39 is 5.92 Å². The predicted octanol–water partition coefficient (Wildman–Crippen LogP) is 4.22. The van der Waals surface area contributed by atoms with Gasteiger partial charge >= 0.3 is 0 Å². The molecule has 1 fully saturated rings. The Balaban J connectivity index is 2.33. The lowest BCUT2D eigenvalue weighted by molar-refractivity contribution is -0.123. The van der Waals surface area contributed by atoms with E-state index in [0.717, 1.165) is 12.8 Å². The van der Waals surface area contributed by atoms with Crippen molar-refractivity contribution in [2.75, 3.05) is 0 Å².